The lowest BCUT2D eigenvalue weighted by molar-refractivity contribution is -0.0112. The van der Waals surface area contributed by atoms with Crippen LogP contribution in [-0.2, 0) is 4.74 Å². The second kappa shape index (κ2) is 5.13. The maximum atomic E-state index is 5.83. The van der Waals surface area contributed by atoms with Gasteiger partial charge in [0, 0.05) is 19.7 Å². The highest BCUT2D eigenvalue weighted by Gasteiger charge is 2.23. The van der Waals surface area contributed by atoms with Crippen LogP contribution in [0, 0.1) is 11.8 Å². The second-order valence-corrected chi connectivity index (χ2v) is 4.99. The molecule has 0 spiro atoms. The first-order valence-corrected chi connectivity index (χ1v) is 6.18. The zero-order valence-electron chi connectivity index (χ0n) is 9.30. The average molecular weight is 197 g/mol. The predicted molar refractivity (Wildman–Crippen MR) is 58.3 cm³/mol. The number of nitrogens with one attached hydrogen (secondary N) is 1. The molecule has 2 aliphatic rings. The molecule has 1 N–H and O–H groups in total. The van der Waals surface area contributed by atoms with Crippen LogP contribution in [0.5, 0.6) is 0 Å². The molecular weight excluding hydrogens is 174 g/mol. The van der Waals surface area contributed by atoms with E-state index >= 15 is 0 Å². The van der Waals surface area contributed by atoms with Gasteiger partial charge in [-0.15, -0.1) is 0 Å². The summed E-state index contributed by atoms with van der Waals surface area (Å²) in [5.74, 6) is 1.72. The highest BCUT2D eigenvalue weighted by atomic mass is 16.5. The summed E-state index contributed by atoms with van der Waals surface area (Å²) in [5.41, 5.74) is 0. The minimum atomic E-state index is 0.515. The largest absolute Gasteiger partial charge is 0.375 e. The van der Waals surface area contributed by atoms with Gasteiger partial charge in [-0.05, 0) is 11.8 Å². The quantitative estimate of drug-likeness (QED) is 0.746. The lowest BCUT2D eigenvalue weighted by atomic mass is 9.81. The lowest BCUT2D eigenvalue weighted by Crippen LogP contribution is -2.49. The minimum absolute atomic E-state index is 0.515. The van der Waals surface area contributed by atoms with E-state index in [1.54, 1.807) is 0 Å². The van der Waals surface area contributed by atoms with E-state index in [-0.39, 0.29) is 0 Å². The number of ether oxygens (including phenoxy) is 1. The van der Waals surface area contributed by atoms with Gasteiger partial charge in [-0.2, -0.15) is 0 Å². The molecule has 14 heavy (non-hydrogen) atoms. The maximum Gasteiger partial charge on any atom is 0.0823 e. The molecule has 1 aliphatic heterocycles. The fourth-order valence-electron chi connectivity index (χ4n) is 2.51. The monoisotopic (exact) mass is 197 g/mol. The Hall–Kier alpha value is -0.0800. The molecule has 1 atom stereocenters. The first-order valence-electron chi connectivity index (χ1n) is 6.18. The van der Waals surface area contributed by atoms with Gasteiger partial charge in [0.25, 0.3) is 0 Å². The summed E-state index contributed by atoms with van der Waals surface area (Å²) in [7, 11) is 0. The van der Waals surface area contributed by atoms with Gasteiger partial charge in [0.1, 0.15) is 0 Å². The van der Waals surface area contributed by atoms with Gasteiger partial charge in [0.15, 0.2) is 0 Å². The van der Waals surface area contributed by atoms with Crippen molar-refractivity contribution in [2.24, 2.45) is 11.8 Å². The molecule has 2 rings (SSSR count). The first-order chi connectivity index (χ1) is 6.86. The topological polar surface area (TPSA) is 21.3 Å². The zero-order chi connectivity index (χ0) is 9.80. The summed E-state index contributed by atoms with van der Waals surface area (Å²) in [6.45, 7) is 5.48. The predicted octanol–water partition coefficient (Wildman–Crippen LogP) is 2.19. The Morgan fingerprint density at radius 1 is 1.21 bits per heavy atom. The fraction of sp³-hybridized carbons (Fsp3) is 1.00. The molecule has 2 fully saturated rings. The third-order valence-electron chi connectivity index (χ3n) is 3.79. The molecule has 1 saturated carbocycles. The van der Waals surface area contributed by atoms with E-state index in [1.165, 1.54) is 32.1 Å². The molecule has 1 heterocycles. The van der Waals surface area contributed by atoms with E-state index in [4.69, 9.17) is 4.74 Å². The smallest absolute Gasteiger partial charge is 0.0823 e. The van der Waals surface area contributed by atoms with Crippen LogP contribution in [0.15, 0.2) is 0 Å². The summed E-state index contributed by atoms with van der Waals surface area (Å²) in [4.78, 5) is 0. The third kappa shape index (κ3) is 2.71. The van der Waals surface area contributed by atoms with Gasteiger partial charge < -0.3 is 10.1 Å². The van der Waals surface area contributed by atoms with Gasteiger partial charge in [-0.1, -0.05) is 39.0 Å². The van der Waals surface area contributed by atoms with Crippen LogP contribution in [0.1, 0.15) is 39.0 Å². The van der Waals surface area contributed by atoms with Crippen molar-refractivity contribution in [2.45, 2.75) is 45.1 Å². The van der Waals surface area contributed by atoms with Crippen molar-refractivity contribution in [2.75, 3.05) is 19.7 Å². The van der Waals surface area contributed by atoms with Crippen LogP contribution < -0.4 is 5.32 Å². The molecule has 0 aromatic rings. The first kappa shape index (κ1) is 10.4. The Bertz CT molecular complexity index is 162. The van der Waals surface area contributed by atoms with Crippen LogP contribution in [0.2, 0.25) is 0 Å². The summed E-state index contributed by atoms with van der Waals surface area (Å²) >= 11 is 0. The van der Waals surface area contributed by atoms with E-state index in [0.717, 1.165) is 31.5 Å². The molecule has 1 unspecified atom stereocenters. The molecular formula is C12H23NO. The number of hydrogen-bond acceptors (Lipinski definition) is 2. The Labute approximate surface area is 87.4 Å². The van der Waals surface area contributed by atoms with E-state index < -0.39 is 0 Å². The van der Waals surface area contributed by atoms with Gasteiger partial charge in [0.05, 0.1) is 6.10 Å². The van der Waals surface area contributed by atoms with Crippen LogP contribution in [-0.4, -0.2) is 25.8 Å². The van der Waals surface area contributed by atoms with Crippen molar-refractivity contribution >= 4 is 0 Å². The van der Waals surface area contributed by atoms with Crippen molar-refractivity contribution in [3.63, 3.8) is 0 Å². The van der Waals surface area contributed by atoms with Gasteiger partial charge in [0.2, 0.25) is 0 Å². The second-order valence-electron chi connectivity index (χ2n) is 4.99. The molecule has 0 amide bonds. The summed E-state index contributed by atoms with van der Waals surface area (Å²) in [6, 6.07) is 0. The molecule has 0 radical (unpaired) electrons. The number of hydrogen-bond donors (Lipinski definition) is 1. The fourth-order valence-corrected chi connectivity index (χ4v) is 2.51. The van der Waals surface area contributed by atoms with Crippen molar-refractivity contribution < 1.29 is 4.74 Å². The van der Waals surface area contributed by atoms with Gasteiger partial charge in [-0.25, -0.2) is 0 Å². The standard InChI is InChI=1S/C12H23NO/c1-10(9-14-12-7-13-8-12)11-5-3-2-4-6-11/h10-13H,2-9H2,1H3. The highest BCUT2D eigenvalue weighted by Crippen LogP contribution is 2.30. The van der Waals surface area contributed by atoms with Crippen LogP contribution in [0.3, 0.4) is 0 Å². The van der Waals surface area contributed by atoms with E-state index in [0.29, 0.717) is 6.10 Å². The van der Waals surface area contributed by atoms with Crippen molar-refractivity contribution in [1.82, 2.24) is 5.32 Å². The Kier molecular flexibility index (Phi) is 3.82. The van der Waals surface area contributed by atoms with Crippen molar-refractivity contribution in [3.8, 4) is 0 Å². The molecule has 2 heteroatoms. The van der Waals surface area contributed by atoms with Gasteiger partial charge in [-0.3, -0.25) is 0 Å². The maximum absolute atomic E-state index is 5.83. The Morgan fingerprint density at radius 2 is 1.93 bits per heavy atom. The molecule has 82 valence electrons. The normalized spacial score (nSPS) is 27.2. The van der Waals surface area contributed by atoms with E-state index in [1.807, 2.05) is 0 Å². The van der Waals surface area contributed by atoms with Crippen LogP contribution in [0.25, 0.3) is 0 Å². The number of rotatable bonds is 4. The lowest BCUT2D eigenvalue weighted by Gasteiger charge is -2.32. The molecule has 2 nitrogen and oxygen atoms in total. The van der Waals surface area contributed by atoms with E-state index in [2.05, 4.69) is 12.2 Å². The molecule has 1 aliphatic carbocycles. The van der Waals surface area contributed by atoms with Gasteiger partial charge >= 0.3 is 0 Å². The van der Waals surface area contributed by atoms with Crippen LogP contribution >= 0.6 is 0 Å². The van der Waals surface area contributed by atoms with Crippen molar-refractivity contribution in [3.05, 3.63) is 0 Å². The molecule has 0 bridgehead atoms. The average Bonchev–Trinajstić information content (AvgIpc) is 2.16. The summed E-state index contributed by atoms with van der Waals surface area (Å²) in [6.07, 6.45) is 7.73. The molecule has 0 aromatic heterocycles. The SMILES string of the molecule is CC(COC1CNC1)C1CCCCC1. The van der Waals surface area contributed by atoms with Crippen LogP contribution in [0.4, 0.5) is 0 Å². The van der Waals surface area contributed by atoms with E-state index in [9.17, 15) is 0 Å². The summed E-state index contributed by atoms with van der Waals surface area (Å²) < 4.78 is 5.83. The third-order valence-corrected chi connectivity index (χ3v) is 3.79. The Balaban J connectivity index is 1.62. The Morgan fingerprint density at radius 3 is 2.50 bits per heavy atom. The minimum Gasteiger partial charge on any atom is -0.375 e. The zero-order valence-corrected chi connectivity index (χ0v) is 9.30. The molecule has 1 saturated heterocycles. The molecule has 0 aromatic carbocycles. The van der Waals surface area contributed by atoms with Crippen molar-refractivity contribution in [1.29, 1.82) is 0 Å². The highest BCUT2D eigenvalue weighted by molar-refractivity contribution is 4.76. The summed E-state index contributed by atoms with van der Waals surface area (Å²) in [5, 5.41) is 3.24.